The molecule has 3 N–H and O–H groups in total. The van der Waals surface area contributed by atoms with Crippen LogP contribution < -0.4 is 5.32 Å². The molecule has 0 radical (unpaired) electrons. The van der Waals surface area contributed by atoms with E-state index in [4.69, 9.17) is 24.5 Å². The quantitative estimate of drug-likeness (QED) is 0.0473. The highest BCUT2D eigenvalue weighted by Crippen LogP contribution is 2.49. The van der Waals surface area contributed by atoms with E-state index in [2.05, 4.69) is 67.6 Å². The minimum absolute atomic E-state index is 0.0648. The van der Waals surface area contributed by atoms with E-state index < -0.39 is 18.2 Å². The third-order valence-electron chi connectivity index (χ3n) is 14.5. The van der Waals surface area contributed by atoms with E-state index in [-0.39, 0.29) is 36.0 Å². The summed E-state index contributed by atoms with van der Waals surface area (Å²) in [5.74, 6) is 2.05. The number of ether oxygens (including phenoxy) is 1. The van der Waals surface area contributed by atoms with Gasteiger partial charge in [0.2, 0.25) is 6.40 Å². The molecule has 4 fully saturated rings. The SMILES string of the molecule is COO/C=N\[C@@H](C(=O)N1[C@@H]2CCCC[C@@H]2C[C@H]1c1nc2cc(-c3ccc(-c4cnc([C@@H]5C[C@H]6CCCC[C@H]6N5C(=O)[C@H](NC(=O)OC)c5ccccc5)[nH]4)cc3)ccc2[nH]1)c1ccccc1. The fourth-order valence-corrected chi connectivity index (χ4v) is 11.4. The lowest BCUT2D eigenvalue weighted by Gasteiger charge is -2.36. The molecule has 2 saturated carbocycles. The number of imidazole rings is 2. The summed E-state index contributed by atoms with van der Waals surface area (Å²) in [4.78, 5) is 77.5. The summed E-state index contributed by atoms with van der Waals surface area (Å²) in [5, 5.41) is 2.82. The van der Waals surface area contributed by atoms with Gasteiger partial charge in [-0.3, -0.25) is 9.59 Å². The average molecular weight is 889 g/mol. The van der Waals surface area contributed by atoms with E-state index in [1.807, 2.05) is 71.8 Å². The highest BCUT2D eigenvalue weighted by atomic mass is 17.2. The van der Waals surface area contributed by atoms with Gasteiger partial charge >= 0.3 is 6.09 Å². The summed E-state index contributed by atoms with van der Waals surface area (Å²) in [7, 11) is 2.72. The van der Waals surface area contributed by atoms with Crippen LogP contribution >= 0.6 is 0 Å². The average Bonchev–Trinajstić information content (AvgIpc) is 4.18. The fraction of sp³-hybridized carbons (Fsp3) is 0.385. The van der Waals surface area contributed by atoms with E-state index in [1.54, 1.807) is 0 Å². The van der Waals surface area contributed by atoms with Crippen molar-refractivity contribution in [2.24, 2.45) is 16.8 Å². The van der Waals surface area contributed by atoms with Crippen molar-refractivity contribution in [3.63, 3.8) is 0 Å². The molecule has 340 valence electrons. The number of carbonyl (C=O) groups is 3. The second-order valence-electron chi connectivity index (χ2n) is 18.1. The number of aliphatic imine (C=N–C) groups is 1. The largest absolute Gasteiger partial charge is 0.453 e. The molecule has 14 heteroatoms. The molecule has 0 spiro atoms. The number of nitrogens with one attached hydrogen (secondary N) is 3. The van der Waals surface area contributed by atoms with Crippen molar-refractivity contribution in [1.29, 1.82) is 0 Å². The predicted molar refractivity (Wildman–Crippen MR) is 250 cm³/mol. The number of aromatic amines is 2. The maximum Gasteiger partial charge on any atom is 0.407 e. The van der Waals surface area contributed by atoms with Crippen LogP contribution in [-0.4, -0.2) is 80.3 Å². The number of amides is 3. The van der Waals surface area contributed by atoms with Gasteiger partial charge in [-0.25, -0.2) is 19.8 Å². The van der Waals surface area contributed by atoms with Gasteiger partial charge in [-0.15, -0.1) is 0 Å². The number of rotatable bonds is 12. The number of benzene rings is 4. The fourth-order valence-electron chi connectivity index (χ4n) is 11.4. The summed E-state index contributed by atoms with van der Waals surface area (Å²) in [5.41, 5.74) is 7.15. The number of likely N-dealkylation sites (tertiary alicyclic amines) is 2. The Morgan fingerprint density at radius 1 is 0.712 bits per heavy atom. The molecule has 4 heterocycles. The van der Waals surface area contributed by atoms with Crippen LogP contribution in [0.1, 0.15) is 111 Å². The van der Waals surface area contributed by atoms with Crippen LogP contribution in [0.5, 0.6) is 0 Å². The zero-order valence-corrected chi connectivity index (χ0v) is 37.3. The number of methoxy groups -OCH3 is 1. The molecular weight excluding hydrogens is 833 g/mol. The molecule has 2 aromatic heterocycles. The Hall–Kier alpha value is -6.80. The third kappa shape index (κ3) is 8.45. The van der Waals surface area contributed by atoms with Crippen LogP contribution in [0.25, 0.3) is 33.4 Å². The van der Waals surface area contributed by atoms with Crippen LogP contribution in [0.4, 0.5) is 4.79 Å². The number of H-pyrrole nitrogens is 2. The molecule has 2 aliphatic heterocycles. The smallest absolute Gasteiger partial charge is 0.407 e. The highest BCUT2D eigenvalue weighted by Gasteiger charge is 2.49. The zero-order valence-electron chi connectivity index (χ0n) is 37.3. The Labute approximate surface area is 384 Å². The Morgan fingerprint density at radius 3 is 1.98 bits per heavy atom. The first-order valence-corrected chi connectivity index (χ1v) is 23.3. The van der Waals surface area contributed by atoms with Crippen LogP contribution in [0.15, 0.2) is 114 Å². The van der Waals surface area contributed by atoms with Crippen molar-refractivity contribution in [1.82, 2.24) is 35.1 Å². The second-order valence-corrected chi connectivity index (χ2v) is 18.1. The van der Waals surface area contributed by atoms with Gasteiger partial charge in [0, 0.05) is 12.1 Å². The van der Waals surface area contributed by atoms with Crippen molar-refractivity contribution in [3.8, 4) is 22.4 Å². The Kier molecular flexibility index (Phi) is 12.4. The van der Waals surface area contributed by atoms with Crippen LogP contribution in [0.2, 0.25) is 0 Å². The molecule has 2 saturated heterocycles. The number of aromatic nitrogens is 4. The lowest BCUT2D eigenvalue weighted by molar-refractivity contribution is -0.188. The minimum atomic E-state index is -0.887. The molecule has 10 rings (SSSR count). The first-order chi connectivity index (χ1) is 32.4. The van der Waals surface area contributed by atoms with Gasteiger partial charge in [0.15, 0.2) is 6.04 Å². The van der Waals surface area contributed by atoms with Gasteiger partial charge in [0.05, 0.1) is 49.2 Å². The molecule has 4 aliphatic rings. The summed E-state index contributed by atoms with van der Waals surface area (Å²) in [6, 6.07) is 31.7. The predicted octanol–water partition coefficient (Wildman–Crippen LogP) is 9.73. The number of fused-ring (bicyclic) bond motifs is 3. The lowest BCUT2D eigenvalue weighted by atomic mass is 9.84. The normalized spacial score (nSPS) is 23.6. The van der Waals surface area contributed by atoms with E-state index in [0.717, 1.165) is 115 Å². The first-order valence-electron chi connectivity index (χ1n) is 23.3. The van der Waals surface area contributed by atoms with E-state index in [1.165, 1.54) is 20.6 Å². The molecule has 66 heavy (non-hydrogen) atoms. The van der Waals surface area contributed by atoms with Gasteiger partial charge in [0.1, 0.15) is 17.7 Å². The lowest BCUT2D eigenvalue weighted by Crippen LogP contribution is -2.47. The first kappa shape index (κ1) is 43.1. The number of carbonyl (C=O) groups excluding carboxylic acids is 3. The van der Waals surface area contributed by atoms with Gasteiger partial charge in [-0.1, -0.05) is 117 Å². The molecule has 0 unspecified atom stereocenters. The van der Waals surface area contributed by atoms with Crippen LogP contribution in [0, 0.1) is 11.8 Å². The zero-order chi connectivity index (χ0) is 45.1. The molecule has 6 aromatic rings. The van der Waals surface area contributed by atoms with Gasteiger partial charge in [-0.2, -0.15) is 4.89 Å². The van der Waals surface area contributed by atoms with Crippen molar-refractivity contribution in [3.05, 3.63) is 132 Å². The molecule has 2 aliphatic carbocycles. The van der Waals surface area contributed by atoms with Crippen molar-refractivity contribution in [2.45, 2.75) is 100 Å². The van der Waals surface area contributed by atoms with Crippen LogP contribution in [-0.2, 0) is 24.1 Å². The van der Waals surface area contributed by atoms with Gasteiger partial charge < -0.3 is 34.7 Å². The maximum atomic E-state index is 14.7. The molecule has 4 aromatic carbocycles. The summed E-state index contributed by atoms with van der Waals surface area (Å²) in [6.07, 6.45) is 12.5. The molecule has 14 nitrogen and oxygen atoms in total. The van der Waals surface area contributed by atoms with Crippen molar-refractivity contribution >= 4 is 35.3 Å². The number of hydrogen-bond donors (Lipinski definition) is 3. The van der Waals surface area contributed by atoms with Gasteiger partial charge in [0.25, 0.3) is 11.8 Å². The standard InChI is InChI=1S/C52H56N8O6/c1-64-52(63)58-47(35-15-7-4-8-16-35)51(62)59-42-19-11-9-17-37(42)28-44(59)48-53-30-41(57-48)33-23-21-32(22-24-33)36-25-26-39-40(27-36)56-49(55-39)45-29-38-18-10-12-20-43(38)60(45)50(61)46(54-31-66-65-2)34-13-5-3-6-14-34/h3-8,13-16,21-27,30-31,37-38,42-47H,9-12,17-20,28-29H2,1-2H3,(H,53,57)(H,55,56)(H,58,63)/b54-31-/t37-,38-,42-,43-,44+,45+,46-,47-/m1/s1. The van der Waals surface area contributed by atoms with Crippen LogP contribution in [0.3, 0.4) is 0 Å². The molecule has 3 amide bonds. The number of hydrogen-bond acceptors (Lipinski definition) is 9. The van der Waals surface area contributed by atoms with Gasteiger partial charge in [-0.05, 0) is 90.3 Å². The summed E-state index contributed by atoms with van der Waals surface area (Å²) in [6.45, 7) is 0. The molecule has 0 bridgehead atoms. The number of alkyl carbamates (subject to hydrolysis) is 1. The Balaban J connectivity index is 0.891. The van der Waals surface area contributed by atoms with Crippen molar-refractivity contribution in [2.75, 3.05) is 14.2 Å². The van der Waals surface area contributed by atoms with E-state index in [0.29, 0.717) is 17.4 Å². The van der Waals surface area contributed by atoms with E-state index >= 15 is 0 Å². The minimum Gasteiger partial charge on any atom is -0.453 e. The van der Waals surface area contributed by atoms with E-state index in [9.17, 15) is 14.4 Å². The van der Waals surface area contributed by atoms with Crippen molar-refractivity contribution < 1.29 is 28.9 Å². The highest BCUT2D eigenvalue weighted by molar-refractivity contribution is 5.88. The third-order valence-corrected chi connectivity index (χ3v) is 14.5. The Morgan fingerprint density at radius 2 is 1.32 bits per heavy atom. The topological polar surface area (TPSA) is 167 Å². The maximum absolute atomic E-state index is 14.7. The number of nitrogens with zero attached hydrogens (tertiary/aromatic N) is 5. The summed E-state index contributed by atoms with van der Waals surface area (Å²) < 4.78 is 4.95. The summed E-state index contributed by atoms with van der Waals surface area (Å²) >= 11 is 0. The molecule has 8 atom stereocenters. The molecular formula is C52H56N8O6. The second kappa shape index (κ2) is 19.0. The Bertz CT molecular complexity index is 2690. The monoisotopic (exact) mass is 888 g/mol.